The first-order valence-electron chi connectivity index (χ1n) is 5.27. The molecule has 2 rings (SSSR count). The number of allylic oxidation sites excluding steroid dienone is 2. The topological polar surface area (TPSA) is 29.1 Å². The highest BCUT2D eigenvalue weighted by atomic mass is 16.1. The van der Waals surface area contributed by atoms with Crippen molar-refractivity contribution in [2.75, 3.05) is 6.54 Å². The first kappa shape index (κ1) is 8.79. The molecule has 13 heavy (non-hydrogen) atoms. The largest absolute Gasteiger partial charge is 0.356 e. The number of carbonyl (C=O) groups is 1. The molecule has 1 fully saturated rings. The van der Waals surface area contributed by atoms with Gasteiger partial charge in [-0.2, -0.15) is 0 Å². The Hall–Kier alpha value is -0.790. The Balaban J connectivity index is 1.88. The van der Waals surface area contributed by atoms with Gasteiger partial charge in [-0.05, 0) is 31.1 Å². The molecular weight excluding hydrogens is 162 g/mol. The van der Waals surface area contributed by atoms with E-state index in [9.17, 15) is 4.79 Å². The Kier molecular flexibility index (Phi) is 2.38. The molecule has 1 amide bonds. The molecule has 3 unspecified atom stereocenters. The highest BCUT2D eigenvalue weighted by molar-refractivity contribution is 5.79. The number of hydrogen-bond donors (Lipinski definition) is 1. The minimum Gasteiger partial charge on any atom is -0.356 e. The van der Waals surface area contributed by atoms with Gasteiger partial charge < -0.3 is 5.32 Å². The molecule has 2 aliphatic carbocycles. The summed E-state index contributed by atoms with van der Waals surface area (Å²) < 4.78 is 0. The number of amides is 1. The van der Waals surface area contributed by atoms with Gasteiger partial charge in [-0.3, -0.25) is 4.79 Å². The SMILES string of the molecule is CCCNC(=O)C1CC2C=CC1C2. The smallest absolute Gasteiger partial charge is 0.223 e. The van der Waals surface area contributed by atoms with Gasteiger partial charge in [-0.25, -0.2) is 0 Å². The van der Waals surface area contributed by atoms with Crippen LogP contribution in [0, 0.1) is 17.8 Å². The number of hydrogen-bond acceptors (Lipinski definition) is 1. The van der Waals surface area contributed by atoms with E-state index in [-0.39, 0.29) is 11.8 Å². The molecule has 0 heterocycles. The predicted octanol–water partition coefficient (Wildman–Crippen LogP) is 1.72. The van der Waals surface area contributed by atoms with E-state index in [4.69, 9.17) is 0 Å². The Labute approximate surface area is 79.4 Å². The van der Waals surface area contributed by atoms with Crippen molar-refractivity contribution in [2.24, 2.45) is 17.8 Å². The van der Waals surface area contributed by atoms with Crippen molar-refractivity contribution >= 4 is 5.91 Å². The molecule has 2 nitrogen and oxygen atoms in total. The van der Waals surface area contributed by atoms with E-state index in [2.05, 4.69) is 24.4 Å². The molecule has 0 aromatic heterocycles. The molecule has 0 saturated heterocycles. The van der Waals surface area contributed by atoms with Crippen LogP contribution in [0.5, 0.6) is 0 Å². The highest BCUT2D eigenvalue weighted by Gasteiger charge is 2.39. The minimum atomic E-state index is 0.277. The van der Waals surface area contributed by atoms with Crippen molar-refractivity contribution in [3.63, 3.8) is 0 Å². The number of nitrogens with one attached hydrogen (secondary N) is 1. The lowest BCUT2D eigenvalue weighted by Crippen LogP contribution is -2.33. The van der Waals surface area contributed by atoms with Crippen LogP contribution in [0.3, 0.4) is 0 Å². The second-order valence-corrected chi connectivity index (χ2v) is 4.18. The van der Waals surface area contributed by atoms with Crippen molar-refractivity contribution in [1.29, 1.82) is 0 Å². The lowest BCUT2D eigenvalue weighted by Gasteiger charge is -2.16. The predicted molar refractivity (Wildman–Crippen MR) is 52.1 cm³/mol. The van der Waals surface area contributed by atoms with Gasteiger partial charge in [-0.1, -0.05) is 19.1 Å². The molecule has 1 saturated carbocycles. The molecule has 0 spiro atoms. The van der Waals surface area contributed by atoms with Crippen molar-refractivity contribution in [3.05, 3.63) is 12.2 Å². The fourth-order valence-electron chi connectivity index (χ4n) is 2.46. The van der Waals surface area contributed by atoms with Crippen molar-refractivity contribution in [2.45, 2.75) is 26.2 Å². The molecule has 2 heteroatoms. The molecular formula is C11H17NO. The quantitative estimate of drug-likeness (QED) is 0.657. The Morgan fingerprint density at radius 1 is 1.46 bits per heavy atom. The second kappa shape index (κ2) is 3.52. The Bertz CT molecular complexity index is 234. The standard InChI is InChI=1S/C11H17NO/c1-2-5-12-11(13)10-7-8-3-4-9(10)6-8/h3-4,8-10H,2,5-7H2,1H3,(H,12,13). The van der Waals surface area contributed by atoms with Gasteiger partial charge in [0.15, 0.2) is 0 Å². The molecule has 72 valence electrons. The number of fused-ring (bicyclic) bond motifs is 2. The maximum atomic E-state index is 11.6. The van der Waals surface area contributed by atoms with Crippen LogP contribution in [0.15, 0.2) is 12.2 Å². The van der Waals surface area contributed by atoms with Crippen LogP contribution in [0.4, 0.5) is 0 Å². The van der Waals surface area contributed by atoms with Gasteiger partial charge in [0.1, 0.15) is 0 Å². The van der Waals surface area contributed by atoms with Gasteiger partial charge in [0.25, 0.3) is 0 Å². The third kappa shape index (κ3) is 1.62. The zero-order valence-corrected chi connectivity index (χ0v) is 8.12. The first-order valence-corrected chi connectivity index (χ1v) is 5.27. The van der Waals surface area contributed by atoms with Crippen LogP contribution < -0.4 is 5.32 Å². The third-order valence-corrected chi connectivity index (χ3v) is 3.16. The van der Waals surface area contributed by atoms with Gasteiger partial charge in [0, 0.05) is 12.5 Å². The summed E-state index contributed by atoms with van der Waals surface area (Å²) in [7, 11) is 0. The molecule has 2 bridgehead atoms. The summed E-state index contributed by atoms with van der Waals surface area (Å²) in [4.78, 5) is 11.6. The van der Waals surface area contributed by atoms with Gasteiger partial charge in [0.05, 0.1) is 0 Å². The van der Waals surface area contributed by atoms with E-state index in [1.54, 1.807) is 0 Å². The Morgan fingerprint density at radius 3 is 2.85 bits per heavy atom. The van der Waals surface area contributed by atoms with Crippen molar-refractivity contribution in [1.82, 2.24) is 5.32 Å². The molecule has 0 aromatic carbocycles. The molecule has 1 N–H and O–H groups in total. The summed E-state index contributed by atoms with van der Waals surface area (Å²) in [5.41, 5.74) is 0. The fourth-order valence-corrected chi connectivity index (χ4v) is 2.46. The number of carbonyl (C=O) groups excluding carboxylic acids is 1. The van der Waals surface area contributed by atoms with Gasteiger partial charge in [0.2, 0.25) is 5.91 Å². The maximum Gasteiger partial charge on any atom is 0.223 e. The molecule has 0 radical (unpaired) electrons. The molecule has 3 atom stereocenters. The molecule has 0 aromatic rings. The lowest BCUT2D eigenvalue weighted by atomic mass is 9.93. The first-order chi connectivity index (χ1) is 6.31. The van der Waals surface area contributed by atoms with Crippen LogP contribution in [0.25, 0.3) is 0 Å². The van der Waals surface area contributed by atoms with E-state index in [0.717, 1.165) is 19.4 Å². The van der Waals surface area contributed by atoms with E-state index in [1.807, 2.05) is 0 Å². The van der Waals surface area contributed by atoms with Crippen molar-refractivity contribution < 1.29 is 4.79 Å². The third-order valence-electron chi connectivity index (χ3n) is 3.16. The average Bonchev–Trinajstić information content (AvgIpc) is 2.74. The molecule has 0 aliphatic heterocycles. The summed E-state index contributed by atoms with van der Waals surface area (Å²) in [6.07, 6.45) is 7.82. The highest BCUT2D eigenvalue weighted by Crippen LogP contribution is 2.43. The monoisotopic (exact) mass is 179 g/mol. The maximum absolute atomic E-state index is 11.6. The zero-order valence-electron chi connectivity index (χ0n) is 8.12. The minimum absolute atomic E-state index is 0.277. The van der Waals surface area contributed by atoms with Crippen LogP contribution in [0.2, 0.25) is 0 Å². The van der Waals surface area contributed by atoms with E-state index < -0.39 is 0 Å². The van der Waals surface area contributed by atoms with Crippen LogP contribution in [-0.2, 0) is 4.79 Å². The lowest BCUT2D eigenvalue weighted by molar-refractivity contribution is -0.125. The normalized spacial score (nSPS) is 35.3. The van der Waals surface area contributed by atoms with Gasteiger partial charge in [-0.15, -0.1) is 0 Å². The van der Waals surface area contributed by atoms with E-state index in [0.29, 0.717) is 11.8 Å². The number of rotatable bonds is 3. The van der Waals surface area contributed by atoms with Crippen molar-refractivity contribution in [3.8, 4) is 0 Å². The van der Waals surface area contributed by atoms with Crippen LogP contribution in [0.1, 0.15) is 26.2 Å². The second-order valence-electron chi connectivity index (χ2n) is 4.18. The summed E-state index contributed by atoms with van der Waals surface area (Å²) in [5, 5.41) is 2.99. The molecule has 2 aliphatic rings. The van der Waals surface area contributed by atoms with Crippen LogP contribution >= 0.6 is 0 Å². The van der Waals surface area contributed by atoms with Gasteiger partial charge >= 0.3 is 0 Å². The summed E-state index contributed by atoms with van der Waals surface area (Å²) in [6.45, 7) is 2.91. The fraction of sp³-hybridized carbons (Fsp3) is 0.727. The van der Waals surface area contributed by atoms with Crippen LogP contribution in [-0.4, -0.2) is 12.5 Å². The summed E-state index contributed by atoms with van der Waals surface area (Å²) >= 11 is 0. The summed E-state index contributed by atoms with van der Waals surface area (Å²) in [6, 6.07) is 0. The van der Waals surface area contributed by atoms with E-state index in [1.165, 1.54) is 6.42 Å². The Morgan fingerprint density at radius 2 is 2.31 bits per heavy atom. The summed E-state index contributed by atoms with van der Waals surface area (Å²) in [5.74, 6) is 1.80. The van der Waals surface area contributed by atoms with E-state index >= 15 is 0 Å². The zero-order chi connectivity index (χ0) is 9.26. The average molecular weight is 179 g/mol.